The number of rotatable bonds is 3. The monoisotopic (exact) mass is 290 g/mol. The van der Waals surface area contributed by atoms with E-state index in [4.69, 9.17) is 0 Å². The number of carbonyl (C=O) groups excluding carboxylic acids is 2. The molecule has 1 amide bonds. The predicted molar refractivity (Wildman–Crippen MR) is 74.5 cm³/mol. The third-order valence-corrected chi connectivity index (χ3v) is 3.26. The fourth-order valence-electron chi connectivity index (χ4n) is 2.13. The van der Waals surface area contributed by atoms with Crippen molar-refractivity contribution < 1.29 is 19.6 Å². The number of likely N-dealkylation sites (tertiary alicyclic amines) is 1. The number of nitro benzene ring substituents is 1. The van der Waals surface area contributed by atoms with Gasteiger partial charge in [0.25, 0.3) is 11.6 Å². The Balaban J connectivity index is 2.48. The summed E-state index contributed by atoms with van der Waals surface area (Å²) in [6.07, 6.45) is 0. The van der Waals surface area contributed by atoms with Crippen LogP contribution in [0.15, 0.2) is 29.8 Å². The molecule has 0 spiro atoms. The quantitative estimate of drug-likeness (QED) is 0.300. The van der Waals surface area contributed by atoms with Crippen molar-refractivity contribution in [2.75, 3.05) is 6.54 Å². The number of benzene rings is 1. The van der Waals surface area contributed by atoms with Crippen LogP contribution in [0.25, 0.3) is 5.76 Å². The van der Waals surface area contributed by atoms with Gasteiger partial charge in [-0.25, -0.2) is 0 Å². The van der Waals surface area contributed by atoms with Crippen molar-refractivity contribution in [2.45, 2.75) is 19.9 Å². The van der Waals surface area contributed by atoms with Crippen molar-refractivity contribution >= 4 is 23.1 Å². The van der Waals surface area contributed by atoms with E-state index in [-0.39, 0.29) is 29.4 Å². The van der Waals surface area contributed by atoms with Gasteiger partial charge in [0.05, 0.1) is 11.5 Å². The summed E-state index contributed by atoms with van der Waals surface area (Å²) in [5.41, 5.74) is -0.464. The van der Waals surface area contributed by atoms with Gasteiger partial charge in [-0.3, -0.25) is 19.7 Å². The highest BCUT2D eigenvalue weighted by molar-refractivity contribution is 6.28. The summed E-state index contributed by atoms with van der Waals surface area (Å²) in [6.45, 7) is 3.43. The summed E-state index contributed by atoms with van der Waals surface area (Å²) in [5.74, 6) is -1.56. The molecule has 0 aliphatic carbocycles. The van der Waals surface area contributed by atoms with Gasteiger partial charge in [-0.1, -0.05) is 12.1 Å². The van der Waals surface area contributed by atoms with Gasteiger partial charge < -0.3 is 10.0 Å². The maximum absolute atomic E-state index is 12.1. The Kier molecular flexibility index (Phi) is 3.75. The van der Waals surface area contributed by atoms with Gasteiger partial charge in [-0.15, -0.1) is 0 Å². The Labute approximate surface area is 120 Å². The number of Topliss-reactive ketones (excluding diaryl/α,β-unsaturated/α-hetero) is 1. The number of ketones is 1. The Morgan fingerprint density at radius 2 is 2.05 bits per heavy atom. The molecule has 0 bridgehead atoms. The van der Waals surface area contributed by atoms with E-state index >= 15 is 0 Å². The number of aliphatic hydroxyl groups is 1. The zero-order valence-corrected chi connectivity index (χ0v) is 11.6. The molecular weight excluding hydrogens is 276 g/mol. The summed E-state index contributed by atoms with van der Waals surface area (Å²) in [5, 5.41) is 20.9. The number of non-ortho nitro benzene ring substituents is 1. The van der Waals surface area contributed by atoms with Crippen LogP contribution in [-0.2, 0) is 9.59 Å². The fourth-order valence-corrected chi connectivity index (χ4v) is 2.13. The number of hydrogen-bond donors (Lipinski definition) is 1. The predicted octanol–water partition coefficient (Wildman–Crippen LogP) is 1.68. The molecule has 1 aliphatic heterocycles. The second-order valence-corrected chi connectivity index (χ2v) is 4.98. The van der Waals surface area contributed by atoms with E-state index in [0.717, 1.165) is 6.07 Å². The first-order chi connectivity index (χ1) is 9.82. The maximum Gasteiger partial charge on any atom is 0.270 e. The Bertz CT molecular complexity index is 663. The smallest absolute Gasteiger partial charge is 0.270 e. The molecule has 1 aliphatic rings. The van der Waals surface area contributed by atoms with E-state index in [1.807, 2.05) is 0 Å². The van der Waals surface area contributed by atoms with Gasteiger partial charge in [-0.05, 0) is 13.8 Å². The molecule has 0 atom stereocenters. The minimum absolute atomic E-state index is 0.0755. The minimum atomic E-state index is -0.611. The van der Waals surface area contributed by atoms with E-state index in [1.54, 1.807) is 13.8 Å². The standard InChI is InChI=1S/C14H14N2O5/c1-8(2)15-7-11(17)12(14(15)19)13(18)9-4-3-5-10(6-9)16(20)21/h3-6,8,18H,7H2,1-2H3/b13-12-. The lowest BCUT2D eigenvalue weighted by atomic mass is 10.1. The first-order valence-electron chi connectivity index (χ1n) is 6.35. The molecule has 0 radical (unpaired) electrons. The first kappa shape index (κ1) is 14.7. The largest absolute Gasteiger partial charge is 0.506 e. The van der Waals surface area contributed by atoms with Crippen LogP contribution in [0.1, 0.15) is 19.4 Å². The molecule has 21 heavy (non-hydrogen) atoms. The lowest BCUT2D eigenvalue weighted by Gasteiger charge is -2.18. The van der Waals surface area contributed by atoms with Crippen molar-refractivity contribution in [1.82, 2.24) is 4.90 Å². The van der Waals surface area contributed by atoms with Crippen LogP contribution in [-0.4, -0.2) is 39.2 Å². The van der Waals surface area contributed by atoms with Gasteiger partial charge >= 0.3 is 0 Å². The molecule has 110 valence electrons. The Morgan fingerprint density at radius 3 is 2.57 bits per heavy atom. The fraction of sp³-hybridized carbons (Fsp3) is 0.286. The second kappa shape index (κ2) is 5.35. The summed E-state index contributed by atoms with van der Waals surface area (Å²) in [4.78, 5) is 35.5. The molecular formula is C14H14N2O5. The van der Waals surface area contributed by atoms with E-state index in [1.165, 1.54) is 23.1 Å². The number of nitrogens with zero attached hydrogens (tertiary/aromatic N) is 2. The van der Waals surface area contributed by atoms with E-state index in [9.17, 15) is 24.8 Å². The lowest BCUT2D eigenvalue weighted by Crippen LogP contribution is -2.32. The molecule has 1 aromatic rings. The van der Waals surface area contributed by atoms with Crippen molar-refractivity contribution in [3.05, 3.63) is 45.5 Å². The molecule has 0 saturated carbocycles. The van der Waals surface area contributed by atoms with Gasteiger partial charge in [0.1, 0.15) is 11.3 Å². The van der Waals surface area contributed by atoms with E-state index in [2.05, 4.69) is 0 Å². The highest BCUT2D eigenvalue weighted by Gasteiger charge is 2.38. The highest BCUT2D eigenvalue weighted by atomic mass is 16.6. The first-order valence-corrected chi connectivity index (χ1v) is 6.35. The highest BCUT2D eigenvalue weighted by Crippen LogP contribution is 2.26. The van der Waals surface area contributed by atoms with Crippen LogP contribution >= 0.6 is 0 Å². The van der Waals surface area contributed by atoms with Crippen LogP contribution in [0.3, 0.4) is 0 Å². The molecule has 0 aromatic heterocycles. The van der Waals surface area contributed by atoms with E-state index in [0.29, 0.717) is 0 Å². The Hall–Kier alpha value is -2.70. The van der Waals surface area contributed by atoms with Crippen LogP contribution in [0, 0.1) is 10.1 Å². The lowest BCUT2D eigenvalue weighted by molar-refractivity contribution is -0.384. The zero-order valence-electron chi connectivity index (χ0n) is 11.6. The number of carbonyl (C=O) groups is 2. The SMILES string of the molecule is CC(C)N1CC(=O)/C(=C(/O)c2cccc([N+](=O)[O-])c2)C1=O. The molecule has 1 saturated heterocycles. The Morgan fingerprint density at radius 1 is 1.38 bits per heavy atom. The molecule has 7 heteroatoms. The van der Waals surface area contributed by atoms with Gasteiger partial charge in [0, 0.05) is 23.7 Å². The molecule has 7 nitrogen and oxygen atoms in total. The number of aliphatic hydroxyl groups excluding tert-OH is 1. The number of amides is 1. The van der Waals surface area contributed by atoms with E-state index < -0.39 is 22.4 Å². The molecule has 1 aromatic carbocycles. The second-order valence-electron chi connectivity index (χ2n) is 4.98. The average molecular weight is 290 g/mol. The minimum Gasteiger partial charge on any atom is -0.506 e. The number of hydrogen-bond acceptors (Lipinski definition) is 5. The third-order valence-electron chi connectivity index (χ3n) is 3.26. The van der Waals surface area contributed by atoms with Crippen molar-refractivity contribution in [2.24, 2.45) is 0 Å². The average Bonchev–Trinajstić information content (AvgIpc) is 2.73. The summed E-state index contributed by atoms with van der Waals surface area (Å²) in [7, 11) is 0. The summed E-state index contributed by atoms with van der Waals surface area (Å²) >= 11 is 0. The zero-order chi connectivity index (χ0) is 15.7. The molecule has 1 fully saturated rings. The summed E-state index contributed by atoms with van der Waals surface area (Å²) < 4.78 is 0. The summed E-state index contributed by atoms with van der Waals surface area (Å²) in [6, 6.07) is 5.01. The van der Waals surface area contributed by atoms with Gasteiger partial charge in [-0.2, -0.15) is 0 Å². The van der Waals surface area contributed by atoms with Crippen molar-refractivity contribution in [3.8, 4) is 0 Å². The van der Waals surface area contributed by atoms with Crippen LogP contribution in [0.5, 0.6) is 0 Å². The normalized spacial score (nSPS) is 17.6. The van der Waals surface area contributed by atoms with Crippen LogP contribution < -0.4 is 0 Å². The van der Waals surface area contributed by atoms with Gasteiger partial charge in [0.15, 0.2) is 5.78 Å². The number of nitro groups is 1. The molecule has 0 unspecified atom stereocenters. The van der Waals surface area contributed by atoms with Crippen molar-refractivity contribution in [1.29, 1.82) is 0 Å². The third kappa shape index (κ3) is 2.62. The maximum atomic E-state index is 12.1. The van der Waals surface area contributed by atoms with Gasteiger partial charge in [0.2, 0.25) is 0 Å². The van der Waals surface area contributed by atoms with Crippen LogP contribution in [0.4, 0.5) is 5.69 Å². The molecule has 1 heterocycles. The topological polar surface area (TPSA) is 101 Å². The van der Waals surface area contributed by atoms with Crippen molar-refractivity contribution in [3.63, 3.8) is 0 Å². The molecule has 2 rings (SSSR count). The molecule has 1 N–H and O–H groups in total. The van der Waals surface area contributed by atoms with Crippen LogP contribution in [0.2, 0.25) is 0 Å².